The third-order valence-electron chi connectivity index (χ3n) is 5.05. The van der Waals surface area contributed by atoms with Gasteiger partial charge in [0.2, 0.25) is 0 Å². The van der Waals surface area contributed by atoms with Crippen molar-refractivity contribution >= 4 is 22.1 Å². The molecule has 3 heterocycles. The molecule has 0 aliphatic rings. The molecular weight excluding hydrogens is 348 g/mol. The summed E-state index contributed by atoms with van der Waals surface area (Å²) in [5.41, 5.74) is 5.69. The highest BCUT2D eigenvalue weighted by atomic mass is 15.1. The van der Waals surface area contributed by atoms with Gasteiger partial charge in [0, 0.05) is 13.1 Å². The van der Waals surface area contributed by atoms with Crippen molar-refractivity contribution in [1.82, 2.24) is 29.1 Å². The Morgan fingerprint density at radius 2 is 1.07 bits per heavy atom. The van der Waals surface area contributed by atoms with Gasteiger partial charge in [-0.2, -0.15) is 0 Å². The molecule has 6 heteroatoms. The van der Waals surface area contributed by atoms with Crippen molar-refractivity contribution < 1.29 is 0 Å². The summed E-state index contributed by atoms with van der Waals surface area (Å²) >= 11 is 0. The summed E-state index contributed by atoms with van der Waals surface area (Å²) in [6.07, 6.45) is 3.59. The maximum absolute atomic E-state index is 4.76. The lowest BCUT2D eigenvalue weighted by molar-refractivity contribution is 0.788. The molecule has 0 fully saturated rings. The minimum absolute atomic E-state index is 0.765. The first-order chi connectivity index (χ1) is 13.8. The molecule has 0 N–H and O–H groups in total. The van der Waals surface area contributed by atoms with E-state index in [2.05, 4.69) is 45.1 Å². The van der Waals surface area contributed by atoms with E-state index in [1.807, 2.05) is 36.4 Å². The van der Waals surface area contributed by atoms with E-state index in [1.165, 1.54) is 0 Å². The number of imidazole rings is 2. The molecule has 0 saturated heterocycles. The summed E-state index contributed by atoms with van der Waals surface area (Å²) in [7, 11) is 0. The molecule has 0 spiro atoms. The minimum Gasteiger partial charge on any atom is -0.323 e. The average molecular weight is 368 g/mol. The molecule has 2 aromatic carbocycles. The van der Waals surface area contributed by atoms with Gasteiger partial charge in [-0.25, -0.2) is 19.9 Å². The number of nitrogens with zero attached hydrogens (tertiary/aromatic N) is 6. The van der Waals surface area contributed by atoms with Gasteiger partial charge in [-0.3, -0.25) is 0 Å². The van der Waals surface area contributed by atoms with Gasteiger partial charge in [-0.1, -0.05) is 24.3 Å². The molecule has 0 saturated carbocycles. The van der Waals surface area contributed by atoms with Crippen molar-refractivity contribution in [3.8, 4) is 23.0 Å². The predicted octanol–water partition coefficient (Wildman–Crippen LogP) is 4.55. The number of aromatic nitrogens is 6. The van der Waals surface area contributed by atoms with E-state index in [9.17, 15) is 0 Å². The summed E-state index contributed by atoms with van der Waals surface area (Å²) in [5.74, 6) is 1.68. The van der Waals surface area contributed by atoms with Gasteiger partial charge < -0.3 is 9.13 Å². The smallest absolute Gasteiger partial charge is 0.161 e. The summed E-state index contributed by atoms with van der Waals surface area (Å²) < 4.78 is 4.33. The third kappa shape index (κ3) is 2.49. The standard InChI is InChI=1S/C22H20N6/c1-3-27-19-11-7-5-9-15(19)25-21(27)17-13-24-18(14-23-17)22-26-16-10-6-8-12-20(16)28(22)4-2/h5-14H,3-4H2,1-2H3. The quantitative estimate of drug-likeness (QED) is 0.467. The van der Waals surface area contributed by atoms with Gasteiger partial charge in [-0.15, -0.1) is 0 Å². The molecule has 28 heavy (non-hydrogen) atoms. The van der Waals surface area contributed by atoms with Crippen molar-refractivity contribution in [2.45, 2.75) is 26.9 Å². The minimum atomic E-state index is 0.765. The molecule has 5 aromatic rings. The Bertz CT molecular complexity index is 1180. The van der Waals surface area contributed by atoms with Gasteiger partial charge in [0.25, 0.3) is 0 Å². The number of benzene rings is 2. The van der Waals surface area contributed by atoms with Gasteiger partial charge in [0.15, 0.2) is 11.6 Å². The Morgan fingerprint density at radius 3 is 1.46 bits per heavy atom. The third-order valence-corrected chi connectivity index (χ3v) is 5.05. The zero-order valence-corrected chi connectivity index (χ0v) is 15.9. The Balaban J connectivity index is 1.61. The van der Waals surface area contributed by atoms with E-state index >= 15 is 0 Å². The van der Waals surface area contributed by atoms with Crippen LogP contribution in [0, 0.1) is 0 Å². The Kier molecular flexibility index (Phi) is 3.90. The summed E-state index contributed by atoms with van der Waals surface area (Å²) in [5, 5.41) is 0. The largest absolute Gasteiger partial charge is 0.323 e. The van der Waals surface area contributed by atoms with Crippen LogP contribution in [0.5, 0.6) is 0 Å². The average Bonchev–Trinajstić information content (AvgIpc) is 3.31. The second-order valence-electron chi connectivity index (χ2n) is 6.62. The highest BCUT2D eigenvalue weighted by Gasteiger charge is 2.16. The van der Waals surface area contributed by atoms with Crippen LogP contribution in [0.25, 0.3) is 45.1 Å². The molecule has 0 aliphatic carbocycles. The van der Waals surface area contributed by atoms with E-state index in [4.69, 9.17) is 9.97 Å². The zero-order chi connectivity index (χ0) is 19.1. The lowest BCUT2D eigenvalue weighted by Crippen LogP contribution is -2.02. The van der Waals surface area contributed by atoms with Crippen LogP contribution >= 0.6 is 0 Å². The Morgan fingerprint density at radius 1 is 0.643 bits per heavy atom. The fraction of sp³-hybridized carbons (Fsp3) is 0.182. The predicted molar refractivity (Wildman–Crippen MR) is 111 cm³/mol. The molecule has 0 atom stereocenters. The van der Waals surface area contributed by atoms with Crippen LogP contribution < -0.4 is 0 Å². The second-order valence-corrected chi connectivity index (χ2v) is 6.62. The van der Waals surface area contributed by atoms with Crippen LogP contribution in [-0.4, -0.2) is 29.1 Å². The highest BCUT2D eigenvalue weighted by Crippen LogP contribution is 2.26. The molecule has 0 radical (unpaired) electrons. The van der Waals surface area contributed by atoms with Crippen molar-refractivity contribution in [2.75, 3.05) is 0 Å². The van der Waals surface area contributed by atoms with Gasteiger partial charge in [-0.05, 0) is 38.1 Å². The van der Waals surface area contributed by atoms with Crippen LogP contribution in [0.4, 0.5) is 0 Å². The number of aryl methyl sites for hydroxylation is 2. The first-order valence-corrected chi connectivity index (χ1v) is 9.53. The summed E-state index contributed by atoms with van der Waals surface area (Å²) in [4.78, 5) is 18.9. The van der Waals surface area contributed by atoms with Crippen LogP contribution in [0.15, 0.2) is 60.9 Å². The number of fused-ring (bicyclic) bond motifs is 2. The van der Waals surface area contributed by atoms with E-state index in [0.29, 0.717) is 0 Å². The topological polar surface area (TPSA) is 61.4 Å². The monoisotopic (exact) mass is 368 g/mol. The molecule has 0 bridgehead atoms. The fourth-order valence-corrected chi connectivity index (χ4v) is 3.74. The van der Waals surface area contributed by atoms with Crippen molar-refractivity contribution in [1.29, 1.82) is 0 Å². The number of para-hydroxylation sites is 4. The van der Waals surface area contributed by atoms with Crippen LogP contribution in [0.3, 0.4) is 0 Å². The molecule has 6 nitrogen and oxygen atoms in total. The Hall–Kier alpha value is -3.54. The molecule has 0 unspecified atom stereocenters. The van der Waals surface area contributed by atoms with Crippen LogP contribution in [-0.2, 0) is 13.1 Å². The van der Waals surface area contributed by atoms with Gasteiger partial charge in [0.05, 0.1) is 34.5 Å². The fourth-order valence-electron chi connectivity index (χ4n) is 3.74. The maximum Gasteiger partial charge on any atom is 0.161 e. The van der Waals surface area contributed by atoms with E-state index < -0.39 is 0 Å². The lowest BCUT2D eigenvalue weighted by atomic mass is 10.3. The highest BCUT2D eigenvalue weighted by molar-refractivity contribution is 5.81. The number of hydrogen-bond acceptors (Lipinski definition) is 4. The normalized spacial score (nSPS) is 11.5. The second kappa shape index (κ2) is 6.56. The van der Waals surface area contributed by atoms with E-state index in [0.717, 1.165) is 58.2 Å². The van der Waals surface area contributed by atoms with Gasteiger partial charge >= 0.3 is 0 Å². The maximum atomic E-state index is 4.76. The van der Waals surface area contributed by atoms with Crippen molar-refractivity contribution in [3.05, 3.63) is 60.9 Å². The van der Waals surface area contributed by atoms with Crippen molar-refractivity contribution in [3.63, 3.8) is 0 Å². The number of hydrogen-bond donors (Lipinski definition) is 0. The van der Waals surface area contributed by atoms with E-state index in [-0.39, 0.29) is 0 Å². The lowest BCUT2D eigenvalue weighted by Gasteiger charge is -2.07. The molecule has 3 aromatic heterocycles. The van der Waals surface area contributed by atoms with E-state index in [1.54, 1.807) is 12.4 Å². The first-order valence-electron chi connectivity index (χ1n) is 9.53. The molecule has 5 rings (SSSR count). The molecule has 138 valence electrons. The molecular formula is C22H20N6. The SMILES string of the molecule is CCn1c(-c2cnc(-c3nc4ccccc4n3CC)cn2)nc2ccccc21. The van der Waals surface area contributed by atoms with Gasteiger partial charge in [0.1, 0.15) is 11.4 Å². The zero-order valence-electron chi connectivity index (χ0n) is 15.9. The molecule has 0 aliphatic heterocycles. The summed E-state index contributed by atoms with van der Waals surface area (Å²) in [6.45, 7) is 5.88. The first kappa shape index (κ1) is 16.6. The number of rotatable bonds is 4. The van der Waals surface area contributed by atoms with Crippen LogP contribution in [0.2, 0.25) is 0 Å². The molecule has 0 amide bonds. The Labute approximate surface area is 162 Å². The van der Waals surface area contributed by atoms with Crippen LogP contribution in [0.1, 0.15) is 13.8 Å². The summed E-state index contributed by atoms with van der Waals surface area (Å²) in [6, 6.07) is 16.3. The van der Waals surface area contributed by atoms with Crippen molar-refractivity contribution in [2.24, 2.45) is 0 Å².